The van der Waals surface area contributed by atoms with Crippen LogP contribution in [0.25, 0.3) is 28.3 Å². The number of rotatable bonds is 4. The SMILES string of the molecule is [C-]#[N+]/C(=C\c1ccc(/C=C(\C#N)c2cccs2)s1)c1cccs1. The van der Waals surface area contributed by atoms with Gasteiger partial charge in [0.25, 0.3) is 0 Å². The van der Waals surface area contributed by atoms with Crippen LogP contribution in [0.1, 0.15) is 19.5 Å². The van der Waals surface area contributed by atoms with Crippen LogP contribution >= 0.6 is 34.0 Å². The highest BCUT2D eigenvalue weighted by Gasteiger charge is 2.06. The number of thiophene rings is 3. The molecule has 2 nitrogen and oxygen atoms in total. The average Bonchev–Trinajstić information content (AvgIpc) is 3.32. The summed E-state index contributed by atoms with van der Waals surface area (Å²) in [5, 5.41) is 13.3. The van der Waals surface area contributed by atoms with E-state index >= 15 is 0 Å². The molecule has 110 valence electrons. The molecule has 0 saturated carbocycles. The van der Waals surface area contributed by atoms with Gasteiger partial charge in [-0.2, -0.15) is 16.6 Å². The van der Waals surface area contributed by atoms with Gasteiger partial charge in [-0.1, -0.05) is 18.2 Å². The predicted molar refractivity (Wildman–Crippen MR) is 101 cm³/mol. The monoisotopic (exact) mass is 350 g/mol. The van der Waals surface area contributed by atoms with Gasteiger partial charge >= 0.3 is 0 Å². The maximum atomic E-state index is 9.32. The van der Waals surface area contributed by atoms with Gasteiger partial charge in [0.1, 0.15) is 6.07 Å². The molecule has 0 radical (unpaired) electrons. The van der Waals surface area contributed by atoms with Crippen molar-refractivity contribution in [1.82, 2.24) is 0 Å². The molecule has 0 aliphatic carbocycles. The molecule has 0 unspecified atom stereocenters. The van der Waals surface area contributed by atoms with Gasteiger partial charge in [-0.25, -0.2) is 4.85 Å². The normalized spacial score (nSPS) is 11.9. The summed E-state index contributed by atoms with van der Waals surface area (Å²) in [5.74, 6) is 0. The van der Waals surface area contributed by atoms with Crippen LogP contribution in [0.4, 0.5) is 0 Å². The quantitative estimate of drug-likeness (QED) is 0.398. The summed E-state index contributed by atoms with van der Waals surface area (Å²) in [4.78, 5) is 7.58. The van der Waals surface area contributed by atoms with Crippen LogP contribution in [0.2, 0.25) is 0 Å². The van der Waals surface area contributed by atoms with E-state index in [2.05, 4.69) is 10.9 Å². The van der Waals surface area contributed by atoms with Crippen molar-refractivity contribution in [2.24, 2.45) is 0 Å². The van der Waals surface area contributed by atoms with Gasteiger partial charge in [0.05, 0.1) is 12.1 Å². The van der Waals surface area contributed by atoms with E-state index in [0.29, 0.717) is 11.3 Å². The van der Waals surface area contributed by atoms with E-state index in [4.69, 9.17) is 6.57 Å². The number of nitrogens with zero attached hydrogens (tertiary/aromatic N) is 2. The van der Waals surface area contributed by atoms with E-state index in [-0.39, 0.29) is 0 Å². The van der Waals surface area contributed by atoms with Crippen LogP contribution < -0.4 is 0 Å². The standard InChI is InChI=1S/C18H10N2S3/c1-20-16(18-5-3-9-22-18)11-15-7-6-14(23-15)10-13(12-19)17-4-2-8-21-17/h2-11H/b13-10+,16-11-. The van der Waals surface area contributed by atoms with Crippen LogP contribution in [0, 0.1) is 17.9 Å². The van der Waals surface area contributed by atoms with Crippen LogP contribution in [-0.4, -0.2) is 0 Å². The minimum Gasteiger partial charge on any atom is -0.237 e. The molecule has 0 aromatic carbocycles. The number of hydrogen-bond donors (Lipinski definition) is 0. The van der Waals surface area contributed by atoms with E-state index in [1.54, 1.807) is 34.0 Å². The molecule has 0 N–H and O–H groups in total. The van der Waals surface area contributed by atoms with E-state index in [0.717, 1.165) is 19.5 Å². The van der Waals surface area contributed by atoms with E-state index in [1.165, 1.54) is 0 Å². The zero-order chi connectivity index (χ0) is 16.1. The van der Waals surface area contributed by atoms with E-state index in [1.807, 2.05) is 59.3 Å². The fraction of sp³-hybridized carbons (Fsp3) is 0. The molecule has 3 aromatic heterocycles. The molecule has 0 amide bonds. The molecular formula is C18H10N2S3. The average molecular weight is 350 g/mol. The van der Waals surface area contributed by atoms with Crippen LogP contribution in [0.5, 0.6) is 0 Å². The van der Waals surface area contributed by atoms with E-state index < -0.39 is 0 Å². The van der Waals surface area contributed by atoms with Crippen LogP contribution in [0.15, 0.2) is 47.2 Å². The second kappa shape index (κ2) is 7.21. The first-order valence-electron chi connectivity index (χ1n) is 6.68. The Kier molecular flexibility index (Phi) is 4.85. The lowest BCUT2D eigenvalue weighted by Crippen LogP contribution is -1.73. The second-order valence-electron chi connectivity index (χ2n) is 4.51. The van der Waals surface area contributed by atoms with Crippen molar-refractivity contribution in [3.63, 3.8) is 0 Å². The predicted octanol–water partition coefficient (Wildman–Crippen LogP) is 6.35. The molecule has 5 heteroatoms. The van der Waals surface area contributed by atoms with Gasteiger partial charge in [0.2, 0.25) is 5.70 Å². The Labute approximate surface area is 146 Å². The van der Waals surface area contributed by atoms with Gasteiger partial charge in [-0.3, -0.25) is 0 Å². The molecule has 0 bridgehead atoms. The topological polar surface area (TPSA) is 28.1 Å². The van der Waals surface area contributed by atoms with Crippen molar-refractivity contribution in [3.8, 4) is 6.07 Å². The second-order valence-corrected chi connectivity index (χ2v) is 7.55. The maximum Gasteiger partial charge on any atom is 0.205 e. The first-order valence-corrected chi connectivity index (χ1v) is 9.26. The summed E-state index contributed by atoms with van der Waals surface area (Å²) >= 11 is 4.70. The largest absolute Gasteiger partial charge is 0.237 e. The lowest BCUT2D eigenvalue weighted by Gasteiger charge is -1.93. The Morgan fingerprint density at radius 2 is 1.65 bits per heavy atom. The summed E-state index contributed by atoms with van der Waals surface area (Å²) in [5.41, 5.74) is 1.32. The highest BCUT2D eigenvalue weighted by atomic mass is 32.1. The molecule has 0 spiro atoms. The van der Waals surface area contributed by atoms with Crippen molar-refractivity contribution in [1.29, 1.82) is 5.26 Å². The van der Waals surface area contributed by atoms with Gasteiger partial charge in [0, 0.05) is 19.5 Å². The molecule has 0 aliphatic heterocycles. The lowest BCUT2D eigenvalue weighted by molar-refractivity contribution is 1.54. The van der Waals surface area contributed by atoms with Crippen molar-refractivity contribution < 1.29 is 0 Å². The molecule has 0 atom stereocenters. The summed E-state index contributed by atoms with van der Waals surface area (Å²) in [6, 6.07) is 14.0. The zero-order valence-electron chi connectivity index (χ0n) is 11.9. The third-order valence-electron chi connectivity index (χ3n) is 3.01. The maximum absolute atomic E-state index is 9.32. The Balaban J connectivity index is 1.89. The fourth-order valence-electron chi connectivity index (χ4n) is 1.97. The Hall–Kier alpha value is -2.44. The number of allylic oxidation sites excluding steroid dienone is 1. The number of nitriles is 1. The highest BCUT2D eigenvalue weighted by Crippen LogP contribution is 2.29. The van der Waals surface area contributed by atoms with Crippen molar-refractivity contribution in [3.05, 3.63) is 78.1 Å². The molecule has 23 heavy (non-hydrogen) atoms. The van der Waals surface area contributed by atoms with Gasteiger partial charge in [-0.15, -0.1) is 22.7 Å². The lowest BCUT2D eigenvalue weighted by atomic mass is 10.2. The third kappa shape index (κ3) is 3.67. The zero-order valence-corrected chi connectivity index (χ0v) is 14.3. The fourth-order valence-corrected chi connectivity index (χ4v) is 4.24. The first-order chi connectivity index (χ1) is 11.3. The first kappa shape index (κ1) is 15.5. The summed E-state index contributed by atoms with van der Waals surface area (Å²) < 4.78 is 0. The minimum atomic E-state index is 0.649. The summed E-state index contributed by atoms with van der Waals surface area (Å²) in [6.45, 7) is 7.34. The summed E-state index contributed by atoms with van der Waals surface area (Å²) in [6.07, 6.45) is 3.80. The molecule has 3 rings (SSSR count). The highest BCUT2D eigenvalue weighted by molar-refractivity contribution is 7.14. The molecular weight excluding hydrogens is 340 g/mol. The molecule has 0 fully saturated rings. The van der Waals surface area contributed by atoms with Crippen molar-refractivity contribution >= 4 is 57.4 Å². The number of hydrogen-bond acceptors (Lipinski definition) is 4. The third-order valence-corrected chi connectivity index (χ3v) is 5.79. The summed E-state index contributed by atoms with van der Waals surface area (Å²) in [7, 11) is 0. The van der Waals surface area contributed by atoms with Gasteiger partial charge < -0.3 is 0 Å². The minimum absolute atomic E-state index is 0.649. The molecule has 0 aliphatic rings. The van der Waals surface area contributed by atoms with Gasteiger partial charge in [0.15, 0.2) is 0 Å². The Bertz CT molecular complexity index is 851. The van der Waals surface area contributed by atoms with Gasteiger partial charge in [-0.05, 0) is 41.1 Å². The van der Waals surface area contributed by atoms with Crippen molar-refractivity contribution in [2.45, 2.75) is 0 Å². The molecule has 0 saturated heterocycles. The Morgan fingerprint density at radius 3 is 2.22 bits per heavy atom. The van der Waals surface area contributed by atoms with Crippen LogP contribution in [0.3, 0.4) is 0 Å². The van der Waals surface area contributed by atoms with Crippen molar-refractivity contribution in [2.75, 3.05) is 0 Å². The molecule has 3 aromatic rings. The molecule has 3 heterocycles. The Morgan fingerprint density at radius 1 is 1.00 bits per heavy atom. The van der Waals surface area contributed by atoms with Crippen LogP contribution in [-0.2, 0) is 0 Å². The van der Waals surface area contributed by atoms with E-state index in [9.17, 15) is 5.26 Å². The smallest absolute Gasteiger partial charge is 0.205 e.